The van der Waals surface area contributed by atoms with Gasteiger partial charge in [-0.05, 0) is 35.9 Å². The molecule has 0 bridgehead atoms. The molecule has 0 spiro atoms. The van der Waals surface area contributed by atoms with E-state index in [9.17, 15) is 18.0 Å². The molecule has 5 heteroatoms. The number of benzene rings is 2. The summed E-state index contributed by atoms with van der Waals surface area (Å²) in [7, 11) is 0. The van der Waals surface area contributed by atoms with E-state index in [-0.39, 0.29) is 17.5 Å². The third-order valence-corrected chi connectivity index (χ3v) is 3.10. The number of hydrogen-bond acceptors (Lipinski definition) is 1. The largest absolute Gasteiger partial charge is 0.294 e. The SMILES string of the molecule is O=C(Cc1ccc(Br)cc1F)c1ccc(F)c(F)c1. The highest BCUT2D eigenvalue weighted by Gasteiger charge is 2.13. The molecular weight excluding hydrogens is 321 g/mol. The second kappa shape index (κ2) is 5.57. The van der Waals surface area contributed by atoms with Crippen LogP contribution in [0.4, 0.5) is 13.2 Å². The molecule has 0 atom stereocenters. The predicted octanol–water partition coefficient (Wildman–Crippen LogP) is 4.29. The molecule has 0 aliphatic heterocycles. The highest BCUT2D eigenvalue weighted by Crippen LogP contribution is 2.18. The molecule has 0 saturated heterocycles. The minimum absolute atomic E-state index is 0.0150. The highest BCUT2D eigenvalue weighted by atomic mass is 79.9. The Kier molecular flexibility index (Phi) is 4.04. The van der Waals surface area contributed by atoms with E-state index in [1.54, 1.807) is 6.07 Å². The lowest BCUT2D eigenvalue weighted by Gasteiger charge is -2.04. The van der Waals surface area contributed by atoms with Gasteiger partial charge in [-0.25, -0.2) is 13.2 Å². The van der Waals surface area contributed by atoms with Gasteiger partial charge in [-0.15, -0.1) is 0 Å². The standard InChI is InChI=1S/C14H8BrF3O/c15-10-3-1-8(12(17)7-10)6-14(19)9-2-4-11(16)13(18)5-9/h1-5,7H,6H2. The molecule has 98 valence electrons. The summed E-state index contributed by atoms with van der Waals surface area (Å²) in [6.45, 7) is 0. The molecule has 0 N–H and O–H groups in total. The number of hydrogen-bond donors (Lipinski definition) is 0. The lowest BCUT2D eigenvalue weighted by molar-refractivity contribution is 0.0991. The van der Waals surface area contributed by atoms with Gasteiger partial charge in [0.1, 0.15) is 5.82 Å². The normalized spacial score (nSPS) is 10.5. The van der Waals surface area contributed by atoms with E-state index >= 15 is 0 Å². The molecule has 0 aromatic heterocycles. The molecular formula is C14H8BrF3O. The maximum Gasteiger partial charge on any atom is 0.167 e. The van der Waals surface area contributed by atoms with Gasteiger partial charge in [0.25, 0.3) is 0 Å². The van der Waals surface area contributed by atoms with Crippen LogP contribution in [-0.4, -0.2) is 5.78 Å². The molecule has 0 radical (unpaired) electrons. The van der Waals surface area contributed by atoms with E-state index in [0.29, 0.717) is 4.47 Å². The van der Waals surface area contributed by atoms with Crippen molar-refractivity contribution < 1.29 is 18.0 Å². The predicted molar refractivity (Wildman–Crippen MR) is 68.5 cm³/mol. The summed E-state index contributed by atoms with van der Waals surface area (Å²) in [5.74, 6) is -3.11. The van der Waals surface area contributed by atoms with Gasteiger partial charge in [0.2, 0.25) is 0 Å². The summed E-state index contributed by atoms with van der Waals surface area (Å²) >= 11 is 3.11. The first-order valence-electron chi connectivity index (χ1n) is 5.39. The molecule has 0 amide bonds. The fourth-order valence-corrected chi connectivity index (χ4v) is 1.94. The van der Waals surface area contributed by atoms with E-state index in [1.165, 1.54) is 18.2 Å². The van der Waals surface area contributed by atoms with E-state index in [2.05, 4.69) is 15.9 Å². The van der Waals surface area contributed by atoms with Crippen molar-refractivity contribution in [2.24, 2.45) is 0 Å². The monoisotopic (exact) mass is 328 g/mol. The number of rotatable bonds is 3. The average Bonchev–Trinajstić information content (AvgIpc) is 2.36. The van der Waals surface area contributed by atoms with Crippen molar-refractivity contribution in [2.75, 3.05) is 0 Å². The Morgan fingerprint density at radius 1 is 0.947 bits per heavy atom. The number of halogens is 4. The van der Waals surface area contributed by atoms with Crippen molar-refractivity contribution in [2.45, 2.75) is 6.42 Å². The van der Waals surface area contributed by atoms with Gasteiger partial charge in [-0.3, -0.25) is 4.79 Å². The van der Waals surface area contributed by atoms with Crippen molar-refractivity contribution in [3.8, 4) is 0 Å². The number of ketones is 1. The molecule has 0 saturated carbocycles. The maximum absolute atomic E-state index is 13.6. The molecule has 0 aliphatic carbocycles. The third kappa shape index (κ3) is 3.23. The van der Waals surface area contributed by atoms with Gasteiger partial charge in [-0.1, -0.05) is 22.0 Å². The van der Waals surface area contributed by atoms with Gasteiger partial charge in [-0.2, -0.15) is 0 Å². The Morgan fingerprint density at radius 3 is 2.32 bits per heavy atom. The molecule has 2 aromatic rings. The van der Waals surface area contributed by atoms with Crippen LogP contribution in [-0.2, 0) is 6.42 Å². The van der Waals surface area contributed by atoms with E-state index in [0.717, 1.165) is 12.1 Å². The van der Waals surface area contributed by atoms with Crippen LogP contribution in [0, 0.1) is 17.5 Å². The zero-order chi connectivity index (χ0) is 14.0. The fraction of sp³-hybridized carbons (Fsp3) is 0.0714. The van der Waals surface area contributed by atoms with Crippen molar-refractivity contribution in [1.82, 2.24) is 0 Å². The first-order chi connectivity index (χ1) is 8.97. The molecule has 1 nitrogen and oxygen atoms in total. The molecule has 0 fully saturated rings. The molecule has 0 unspecified atom stereocenters. The number of carbonyl (C=O) groups is 1. The van der Waals surface area contributed by atoms with Crippen LogP contribution < -0.4 is 0 Å². The van der Waals surface area contributed by atoms with E-state index < -0.39 is 23.2 Å². The molecule has 0 aliphatic rings. The minimum atomic E-state index is -1.10. The summed E-state index contributed by atoms with van der Waals surface area (Å²) in [6.07, 6.45) is -0.204. The van der Waals surface area contributed by atoms with E-state index in [1.807, 2.05) is 0 Å². The minimum Gasteiger partial charge on any atom is -0.294 e. The van der Waals surface area contributed by atoms with Crippen LogP contribution in [0.15, 0.2) is 40.9 Å². The van der Waals surface area contributed by atoms with Crippen molar-refractivity contribution in [3.05, 3.63) is 69.4 Å². The summed E-state index contributed by atoms with van der Waals surface area (Å²) in [5, 5.41) is 0. The zero-order valence-electron chi connectivity index (χ0n) is 9.59. The Morgan fingerprint density at radius 2 is 1.68 bits per heavy atom. The third-order valence-electron chi connectivity index (χ3n) is 2.61. The Labute approximate surface area is 116 Å². The van der Waals surface area contributed by atoms with Crippen LogP contribution >= 0.6 is 15.9 Å². The Bertz CT molecular complexity index is 641. The first-order valence-corrected chi connectivity index (χ1v) is 6.19. The van der Waals surface area contributed by atoms with Crippen molar-refractivity contribution in [1.29, 1.82) is 0 Å². The molecule has 19 heavy (non-hydrogen) atoms. The van der Waals surface area contributed by atoms with Gasteiger partial charge < -0.3 is 0 Å². The second-order valence-electron chi connectivity index (χ2n) is 3.96. The van der Waals surface area contributed by atoms with Crippen LogP contribution in [0.1, 0.15) is 15.9 Å². The van der Waals surface area contributed by atoms with Crippen molar-refractivity contribution in [3.63, 3.8) is 0 Å². The van der Waals surface area contributed by atoms with Gasteiger partial charge in [0, 0.05) is 16.5 Å². The lowest BCUT2D eigenvalue weighted by atomic mass is 10.0. The van der Waals surface area contributed by atoms with Gasteiger partial charge in [0.15, 0.2) is 17.4 Å². The second-order valence-corrected chi connectivity index (χ2v) is 4.88. The number of carbonyl (C=O) groups excluding carboxylic acids is 1. The van der Waals surface area contributed by atoms with E-state index in [4.69, 9.17) is 0 Å². The first kappa shape index (κ1) is 13.8. The van der Waals surface area contributed by atoms with Crippen LogP contribution in [0.5, 0.6) is 0 Å². The lowest BCUT2D eigenvalue weighted by Crippen LogP contribution is -2.06. The average molecular weight is 329 g/mol. The van der Waals surface area contributed by atoms with Gasteiger partial charge in [0.05, 0.1) is 0 Å². The maximum atomic E-state index is 13.6. The van der Waals surface area contributed by atoms with Crippen LogP contribution in [0.25, 0.3) is 0 Å². The van der Waals surface area contributed by atoms with Crippen LogP contribution in [0.3, 0.4) is 0 Å². The molecule has 0 heterocycles. The quantitative estimate of drug-likeness (QED) is 0.768. The Hall–Kier alpha value is -1.62. The Balaban J connectivity index is 2.23. The number of Topliss-reactive ketones (excluding diaryl/α,β-unsaturated/α-hetero) is 1. The smallest absolute Gasteiger partial charge is 0.167 e. The van der Waals surface area contributed by atoms with Crippen LogP contribution in [0.2, 0.25) is 0 Å². The van der Waals surface area contributed by atoms with Crippen molar-refractivity contribution >= 4 is 21.7 Å². The summed E-state index contributed by atoms with van der Waals surface area (Å²) in [4.78, 5) is 11.8. The summed E-state index contributed by atoms with van der Waals surface area (Å²) < 4.78 is 39.9. The zero-order valence-corrected chi connectivity index (χ0v) is 11.2. The topological polar surface area (TPSA) is 17.1 Å². The van der Waals surface area contributed by atoms with Gasteiger partial charge >= 0.3 is 0 Å². The molecule has 2 aromatic carbocycles. The summed E-state index contributed by atoms with van der Waals surface area (Å²) in [6, 6.07) is 7.19. The highest BCUT2D eigenvalue weighted by molar-refractivity contribution is 9.10. The molecule has 2 rings (SSSR count). The fourth-order valence-electron chi connectivity index (χ4n) is 1.61. The summed E-state index contributed by atoms with van der Waals surface area (Å²) in [5.41, 5.74) is 0.221.